The number of halogens is 1. The summed E-state index contributed by atoms with van der Waals surface area (Å²) in [6.07, 6.45) is 9.49. The third-order valence-corrected chi connectivity index (χ3v) is 1.18. The average Bonchev–Trinajstić information content (AvgIpc) is 1.89. The van der Waals surface area contributed by atoms with Gasteiger partial charge >= 0.3 is 0 Å². The molecule has 50 valence electrons. The third-order valence-electron chi connectivity index (χ3n) is 0.835. The van der Waals surface area contributed by atoms with Gasteiger partial charge in [0.15, 0.2) is 0 Å². The van der Waals surface area contributed by atoms with Crippen molar-refractivity contribution in [2.45, 2.75) is 13.8 Å². The van der Waals surface area contributed by atoms with Crippen molar-refractivity contribution in [2.75, 3.05) is 0 Å². The summed E-state index contributed by atoms with van der Waals surface area (Å²) in [5, 5.41) is 0.771. The summed E-state index contributed by atoms with van der Waals surface area (Å²) < 4.78 is 0. The van der Waals surface area contributed by atoms with Crippen LogP contribution in [-0.2, 0) is 0 Å². The highest BCUT2D eigenvalue weighted by Crippen LogP contribution is 2.01. The maximum Gasteiger partial charge on any atom is 0.0363 e. The molecule has 9 heavy (non-hydrogen) atoms. The van der Waals surface area contributed by atoms with E-state index >= 15 is 0 Å². The fourth-order valence-corrected chi connectivity index (χ4v) is 0.428. The van der Waals surface area contributed by atoms with Crippen molar-refractivity contribution in [2.24, 2.45) is 0 Å². The van der Waals surface area contributed by atoms with Gasteiger partial charge in [0, 0.05) is 5.03 Å². The Morgan fingerprint density at radius 3 is 2.33 bits per heavy atom. The molecule has 0 aliphatic rings. The van der Waals surface area contributed by atoms with E-state index in [-0.39, 0.29) is 0 Å². The summed E-state index contributed by atoms with van der Waals surface area (Å²) >= 11 is 5.64. The van der Waals surface area contributed by atoms with Crippen LogP contribution >= 0.6 is 11.6 Å². The van der Waals surface area contributed by atoms with Crippen LogP contribution in [0.1, 0.15) is 13.8 Å². The molecule has 0 heterocycles. The Morgan fingerprint density at radius 1 is 1.22 bits per heavy atom. The lowest BCUT2D eigenvalue weighted by Gasteiger charge is -1.79. The van der Waals surface area contributed by atoms with Crippen molar-refractivity contribution in [1.29, 1.82) is 0 Å². The first-order valence-electron chi connectivity index (χ1n) is 2.92. The van der Waals surface area contributed by atoms with Crippen LogP contribution in [-0.4, -0.2) is 0 Å². The fourth-order valence-electron chi connectivity index (χ4n) is 0.355. The van der Waals surface area contributed by atoms with Gasteiger partial charge in [0.25, 0.3) is 0 Å². The van der Waals surface area contributed by atoms with Gasteiger partial charge in [-0.1, -0.05) is 35.9 Å². The molecule has 0 amide bonds. The SMILES string of the molecule is C\C=C/C=C\C(Cl)=C/C. The first kappa shape index (κ1) is 8.51. The molecule has 0 aliphatic carbocycles. The molecule has 0 fully saturated rings. The second-order valence-corrected chi connectivity index (χ2v) is 1.99. The van der Waals surface area contributed by atoms with Gasteiger partial charge in [-0.05, 0) is 19.9 Å². The van der Waals surface area contributed by atoms with Crippen LogP contribution < -0.4 is 0 Å². The van der Waals surface area contributed by atoms with E-state index < -0.39 is 0 Å². The maximum atomic E-state index is 5.64. The summed E-state index contributed by atoms with van der Waals surface area (Å²) in [6, 6.07) is 0. The minimum absolute atomic E-state index is 0.771. The largest absolute Gasteiger partial charge is 0.0877 e. The van der Waals surface area contributed by atoms with Crippen LogP contribution in [0.15, 0.2) is 35.4 Å². The Bertz CT molecular complexity index is 141. The third kappa shape index (κ3) is 5.38. The molecule has 0 rings (SSSR count). The minimum atomic E-state index is 0.771. The zero-order valence-corrected chi connectivity index (χ0v) is 6.52. The zero-order valence-electron chi connectivity index (χ0n) is 5.76. The van der Waals surface area contributed by atoms with E-state index in [1.54, 1.807) is 0 Å². The van der Waals surface area contributed by atoms with E-state index in [0.717, 1.165) is 5.03 Å². The molecular weight excluding hydrogens is 132 g/mol. The van der Waals surface area contributed by atoms with Crippen LogP contribution in [0.25, 0.3) is 0 Å². The average molecular weight is 143 g/mol. The highest BCUT2D eigenvalue weighted by molar-refractivity contribution is 6.31. The second-order valence-electron chi connectivity index (χ2n) is 1.56. The monoisotopic (exact) mass is 142 g/mol. The van der Waals surface area contributed by atoms with Crippen LogP contribution in [0, 0.1) is 0 Å². The molecule has 0 aromatic heterocycles. The van der Waals surface area contributed by atoms with E-state index in [1.165, 1.54) is 0 Å². The molecule has 0 nitrogen and oxygen atoms in total. The van der Waals surface area contributed by atoms with Crippen molar-refractivity contribution < 1.29 is 0 Å². The quantitative estimate of drug-likeness (QED) is 0.520. The molecule has 0 N–H and O–H groups in total. The molecule has 0 atom stereocenters. The van der Waals surface area contributed by atoms with Crippen LogP contribution in [0.3, 0.4) is 0 Å². The molecule has 0 aromatic carbocycles. The van der Waals surface area contributed by atoms with E-state index in [4.69, 9.17) is 11.6 Å². The number of hydrogen-bond donors (Lipinski definition) is 0. The Labute approximate surface area is 61.5 Å². The van der Waals surface area contributed by atoms with Gasteiger partial charge in [-0.3, -0.25) is 0 Å². The first-order chi connectivity index (χ1) is 4.31. The molecule has 0 spiro atoms. The van der Waals surface area contributed by atoms with E-state index in [0.29, 0.717) is 0 Å². The fraction of sp³-hybridized carbons (Fsp3) is 0.250. The molecule has 0 saturated heterocycles. The molecule has 0 saturated carbocycles. The van der Waals surface area contributed by atoms with Gasteiger partial charge in [-0.15, -0.1) is 0 Å². The van der Waals surface area contributed by atoms with Gasteiger partial charge in [0.2, 0.25) is 0 Å². The number of hydrogen-bond acceptors (Lipinski definition) is 0. The lowest BCUT2D eigenvalue weighted by molar-refractivity contribution is 1.68. The van der Waals surface area contributed by atoms with E-state index in [2.05, 4.69) is 0 Å². The Hall–Kier alpha value is -0.490. The summed E-state index contributed by atoms with van der Waals surface area (Å²) in [6.45, 7) is 3.87. The molecule has 0 aromatic rings. The van der Waals surface area contributed by atoms with E-state index in [9.17, 15) is 0 Å². The summed E-state index contributed by atoms with van der Waals surface area (Å²) in [4.78, 5) is 0. The summed E-state index contributed by atoms with van der Waals surface area (Å²) in [5.74, 6) is 0. The maximum absolute atomic E-state index is 5.64. The zero-order chi connectivity index (χ0) is 7.11. The Balaban J connectivity index is 3.71. The van der Waals surface area contributed by atoms with Crippen LogP contribution in [0.5, 0.6) is 0 Å². The highest BCUT2D eigenvalue weighted by atomic mass is 35.5. The predicted molar refractivity (Wildman–Crippen MR) is 43.6 cm³/mol. The molecule has 0 bridgehead atoms. The topological polar surface area (TPSA) is 0 Å². The lowest BCUT2D eigenvalue weighted by Crippen LogP contribution is -1.57. The molecule has 0 radical (unpaired) electrons. The number of rotatable bonds is 2. The van der Waals surface area contributed by atoms with Crippen LogP contribution in [0.2, 0.25) is 0 Å². The first-order valence-corrected chi connectivity index (χ1v) is 3.30. The smallest absolute Gasteiger partial charge is 0.0363 e. The Kier molecular flexibility index (Phi) is 5.34. The lowest BCUT2D eigenvalue weighted by atomic mass is 10.4. The van der Waals surface area contributed by atoms with Gasteiger partial charge in [-0.2, -0.15) is 0 Å². The molecule has 0 aliphatic heterocycles. The standard InChI is InChI=1S/C8H11Cl/c1-3-5-6-7-8(9)4-2/h3-7H,1-2H3/b5-3-,7-6-,8-4+. The molecular formula is C8H11Cl. The van der Waals surface area contributed by atoms with Gasteiger partial charge < -0.3 is 0 Å². The normalized spacial score (nSPS) is 13.9. The van der Waals surface area contributed by atoms with Crippen molar-refractivity contribution in [3.63, 3.8) is 0 Å². The predicted octanol–water partition coefficient (Wildman–Crippen LogP) is 3.26. The summed E-state index contributed by atoms with van der Waals surface area (Å²) in [5.41, 5.74) is 0. The highest BCUT2D eigenvalue weighted by Gasteiger charge is 1.74. The minimum Gasteiger partial charge on any atom is -0.0877 e. The van der Waals surface area contributed by atoms with Crippen molar-refractivity contribution in [1.82, 2.24) is 0 Å². The van der Waals surface area contributed by atoms with Gasteiger partial charge in [0.1, 0.15) is 0 Å². The molecule has 1 heteroatoms. The Morgan fingerprint density at radius 2 is 1.89 bits per heavy atom. The number of allylic oxidation sites excluding steroid dienone is 6. The van der Waals surface area contributed by atoms with Gasteiger partial charge in [0.05, 0.1) is 0 Å². The van der Waals surface area contributed by atoms with Crippen molar-refractivity contribution in [3.8, 4) is 0 Å². The van der Waals surface area contributed by atoms with Crippen molar-refractivity contribution >= 4 is 11.6 Å². The van der Waals surface area contributed by atoms with Crippen molar-refractivity contribution in [3.05, 3.63) is 35.4 Å². The second kappa shape index (κ2) is 5.64. The van der Waals surface area contributed by atoms with Gasteiger partial charge in [-0.25, -0.2) is 0 Å². The summed E-state index contributed by atoms with van der Waals surface area (Å²) in [7, 11) is 0. The molecule has 0 unspecified atom stereocenters. The van der Waals surface area contributed by atoms with E-state index in [1.807, 2.05) is 44.2 Å². The van der Waals surface area contributed by atoms with Crippen LogP contribution in [0.4, 0.5) is 0 Å².